The van der Waals surface area contributed by atoms with Crippen LogP contribution in [0.15, 0.2) is 18.2 Å². The largest absolute Gasteiger partial charge is 0.463 e. The standard InChI is InChI=1S/C27H37N3O8/c1-2-3-4-5-6-10-23(32)38-18-17-37-16-15-36-14-13-28-20-9-7-8-19-24(20)27(35)30(26(19)34)21-11-12-22(31)29-25(21)33/h7-9,21,28H,2-6,10-18H2,1H3,(H,29,31,33). The Morgan fingerprint density at radius 2 is 1.71 bits per heavy atom. The van der Waals surface area contributed by atoms with Gasteiger partial charge in [0.2, 0.25) is 11.8 Å². The third kappa shape index (κ3) is 8.09. The van der Waals surface area contributed by atoms with Gasteiger partial charge in [0.15, 0.2) is 0 Å². The molecule has 11 nitrogen and oxygen atoms in total. The molecule has 0 spiro atoms. The Morgan fingerprint density at radius 3 is 2.47 bits per heavy atom. The topological polar surface area (TPSA) is 140 Å². The number of nitrogens with zero attached hydrogens (tertiary/aromatic N) is 1. The van der Waals surface area contributed by atoms with Crippen molar-refractivity contribution in [2.45, 2.75) is 64.3 Å². The van der Waals surface area contributed by atoms with E-state index in [2.05, 4.69) is 17.6 Å². The average Bonchev–Trinajstić information content (AvgIpc) is 3.15. The van der Waals surface area contributed by atoms with Crippen LogP contribution in [-0.4, -0.2) is 80.1 Å². The predicted molar refractivity (Wildman–Crippen MR) is 138 cm³/mol. The number of ether oxygens (including phenoxy) is 3. The molecule has 0 radical (unpaired) electrons. The molecule has 1 aromatic rings. The lowest BCUT2D eigenvalue weighted by atomic mass is 10.0. The maximum Gasteiger partial charge on any atom is 0.305 e. The third-order valence-corrected chi connectivity index (χ3v) is 6.38. The van der Waals surface area contributed by atoms with Crippen LogP contribution >= 0.6 is 0 Å². The van der Waals surface area contributed by atoms with Crippen molar-refractivity contribution >= 4 is 35.3 Å². The smallest absolute Gasteiger partial charge is 0.305 e. The Kier molecular flexibility index (Phi) is 11.7. The molecule has 2 aliphatic rings. The second-order valence-electron chi connectivity index (χ2n) is 9.21. The summed E-state index contributed by atoms with van der Waals surface area (Å²) in [4.78, 5) is 62.2. The van der Waals surface area contributed by atoms with E-state index in [1.54, 1.807) is 18.2 Å². The van der Waals surface area contributed by atoms with Gasteiger partial charge in [-0.3, -0.25) is 34.2 Å². The van der Waals surface area contributed by atoms with Crippen LogP contribution in [0.2, 0.25) is 0 Å². The van der Waals surface area contributed by atoms with Crippen LogP contribution in [0.25, 0.3) is 0 Å². The first kappa shape index (κ1) is 29.2. The first-order chi connectivity index (χ1) is 18.4. The van der Waals surface area contributed by atoms with Gasteiger partial charge in [-0.15, -0.1) is 0 Å². The van der Waals surface area contributed by atoms with E-state index in [1.807, 2.05) is 0 Å². The van der Waals surface area contributed by atoms with E-state index < -0.39 is 29.7 Å². The zero-order valence-electron chi connectivity index (χ0n) is 21.9. The van der Waals surface area contributed by atoms with E-state index in [-0.39, 0.29) is 36.5 Å². The van der Waals surface area contributed by atoms with Crippen LogP contribution in [0.1, 0.15) is 79.0 Å². The van der Waals surface area contributed by atoms with Crippen molar-refractivity contribution in [2.75, 3.05) is 44.9 Å². The fourth-order valence-corrected chi connectivity index (χ4v) is 4.40. The second-order valence-corrected chi connectivity index (χ2v) is 9.21. The molecule has 0 saturated carbocycles. The number of anilines is 1. The lowest BCUT2D eigenvalue weighted by Gasteiger charge is -2.27. The van der Waals surface area contributed by atoms with Crippen LogP contribution < -0.4 is 10.6 Å². The van der Waals surface area contributed by atoms with E-state index in [9.17, 15) is 24.0 Å². The molecular formula is C27H37N3O8. The maximum atomic E-state index is 13.1. The predicted octanol–water partition coefficient (Wildman–Crippen LogP) is 2.44. The van der Waals surface area contributed by atoms with Crippen molar-refractivity contribution in [3.8, 4) is 0 Å². The Labute approximate surface area is 222 Å². The molecule has 4 amide bonds. The molecule has 1 saturated heterocycles. The van der Waals surface area contributed by atoms with Gasteiger partial charge in [-0.25, -0.2) is 0 Å². The van der Waals surface area contributed by atoms with Gasteiger partial charge in [0.05, 0.1) is 37.6 Å². The second kappa shape index (κ2) is 15.2. The van der Waals surface area contributed by atoms with Crippen molar-refractivity contribution in [1.29, 1.82) is 0 Å². The van der Waals surface area contributed by atoms with Gasteiger partial charge >= 0.3 is 5.97 Å². The molecule has 11 heteroatoms. The Balaban J connectivity index is 1.30. The molecule has 0 aliphatic carbocycles. The number of esters is 1. The summed E-state index contributed by atoms with van der Waals surface area (Å²) in [7, 11) is 0. The van der Waals surface area contributed by atoms with Gasteiger partial charge in [0.25, 0.3) is 11.8 Å². The number of rotatable bonds is 17. The average molecular weight is 532 g/mol. The van der Waals surface area contributed by atoms with Crippen LogP contribution in [0.4, 0.5) is 5.69 Å². The highest BCUT2D eigenvalue weighted by Gasteiger charge is 2.45. The van der Waals surface area contributed by atoms with Crippen molar-refractivity contribution in [3.05, 3.63) is 29.3 Å². The molecule has 0 aromatic heterocycles. The molecule has 1 unspecified atom stereocenters. The first-order valence-electron chi connectivity index (χ1n) is 13.3. The number of unbranched alkanes of at least 4 members (excludes halogenated alkanes) is 4. The molecule has 2 aliphatic heterocycles. The highest BCUT2D eigenvalue weighted by Crippen LogP contribution is 2.32. The summed E-state index contributed by atoms with van der Waals surface area (Å²) in [6, 6.07) is 3.89. The Morgan fingerprint density at radius 1 is 0.974 bits per heavy atom. The molecule has 1 fully saturated rings. The highest BCUT2D eigenvalue weighted by atomic mass is 16.6. The molecule has 1 aromatic carbocycles. The normalized spacial score (nSPS) is 17.0. The number of piperidine rings is 1. The molecule has 38 heavy (non-hydrogen) atoms. The lowest BCUT2D eigenvalue weighted by molar-refractivity contribution is -0.145. The summed E-state index contributed by atoms with van der Waals surface area (Å²) in [5, 5.41) is 5.30. The van der Waals surface area contributed by atoms with Crippen molar-refractivity contribution in [1.82, 2.24) is 10.2 Å². The number of amides is 4. The molecule has 3 rings (SSSR count). The minimum Gasteiger partial charge on any atom is -0.463 e. The summed E-state index contributed by atoms with van der Waals surface area (Å²) in [5.74, 6) is -2.36. The fourth-order valence-electron chi connectivity index (χ4n) is 4.40. The van der Waals surface area contributed by atoms with E-state index in [0.29, 0.717) is 45.1 Å². The van der Waals surface area contributed by atoms with Gasteiger partial charge in [0.1, 0.15) is 12.6 Å². The molecular weight excluding hydrogens is 494 g/mol. The molecule has 2 heterocycles. The SMILES string of the molecule is CCCCCCCC(=O)OCCOCCOCCNc1cccc2c1C(=O)N(C1CCC(=O)NC1=O)C2=O. The minimum atomic E-state index is -1.00. The number of carbonyl (C=O) groups excluding carboxylic acids is 5. The summed E-state index contributed by atoms with van der Waals surface area (Å²) in [6.45, 7) is 4.09. The third-order valence-electron chi connectivity index (χ3n) is 6.38. The highest BCUT2D eigenvalue weighted by molar-refractivity contribution is 6.25. The number of carbonyl (C=O) groups is 5. The van der Waals surface area contributed by atoms with Crippen molar-refractivity contribution < 1.29 is 38.2 Å². The number of benzene rings is 1. The molecule has 2 N–H and O–H groups in total. The summed E-state index contributed by atoms with van der Waals surface area (Å²) in [5.41, 5.74) is 0.903. The van der Waals surface area contributed by atoms with E-state index in [4.69, 9.17) is 14.2 Å². The quantitative estimate of drug-likeness (QED) is 0.176. The van der Waals surface area contributed by atoms with Crippen LogP contribution in [0.3, 0.4) is 0 Å². The summed E-state index contributed by atoms with van der Waals surface area (Å²) < 4.78 is 16.1. The summed E-state index contributed by atoms with van der Waals surface area (Å²) in [6.07, 6.45) is 6.05. The van der Waals surface area contributed by atoms with E-state index in [1.165, 1.54) is 12.8 Å². The van der Waals surface area contributed by atoms with E-state index >= 15 is 0 Å². The van der Waals surface area contributed by atoms with Gasteiger partial charge in [-0.05, 0) is 25.0 Å². The zero-order valence-corrected chi connectivity index (χ0v) is 21.9. The van der Waals surface area contributed by atoms with Gasteiger partial charge < -0.3 is 19.5 Å². The number of hydrogen-bond acceptors (Lipinski definition) is 9. The number of imide groups is 2. The summed E-state index contributed by atoms with van der Waals surface area (Å²) >= 11 is 0. The van der Waals surface area contributed by atoms with Gasteiger partial charge in [-0.1, -0.05) is 38.7 Å². The van der Waals surface area contributed by atoms with Crippen molar-refractivity contribution in [3.63, 3.8) is 0 Å². The Bertz CT molecular complexity index is 1010. The Hall–Kier alpha value is -3.31. The van der Waals surface area contributed by atoms with Gasteiger partial charge in [-0.2, -0.15) is 0 Å². The van der Waals surface area contributed by atoms with Crippen molar-refractivity contribution in [2.24, 2.45) is 0 Å². The number of hydrogen-bond donors (Lipinski definition) is 2. The van der Waals surface area contributed by atoms with Gasteiger partial charge in [0, 0.05) is 25.1 Å². The number of nitrogens with one attached hydrogen (secondary N) is 2. The monoisotopic (exact) mass is 531 g/mol. The lowest BCUT2D eigenvalue weighted by Crippen LogP contribution is -2.54. The zero-order chi connectivity index (χ0) is 27.3. The van der Waals surface area contributed by atoms with E-state index in [0.717, 1.165) is 24.2 Å². The minimum absolute atomic E-state index is 0.0698. The first-order valence-corrected chi connectivity index (χ1v) is 13.3. The maximum absolute atomic E-state index is 13.1. The molecule has 0 bridgehead atoms. The molecule has 1 atom stereocenters. The van der Waals surface area contributed by atoms with Crippen LogP contribution in [-0.2, 0) is 28.6 Å². The molecule has 208 valence electrons. The number of fused-ring (bicyclic) bond motifs is 1. The fraction of sp³-hybridized carbons (Fsp3) is 0.593. The van der Waals surface area contributed by atoms with Crippen LogP contribution in [0.5, 0.6) is 0 Å². The van der Waals surface area contributed by atoms with Crippen LogP contribution in [0, 0.1) is 0 Å².